The number of hydrogen-bond donors (Lipinski definition) is 0. The van der Waals surface area contributed by atoms with Crippen LogP contribution in [0.2, 0.25) is 0 Å². The molecule has 1 aromatic rings. The van der Waals surface area contributed by atoms with E-state index in [1.54, 1.807) is 0 Å². The first-order chi connectivity index (χ1) is 17.8. The lowest BCUT2D eigenvalue weighted by molar-refractivity contribution is -0.374. The van der Waals surface area contributed by atoms with E-state index in [0.717, 1.165) is 44.3 Å². The number of halogens is 6. The van der Waals surface area contributed by atoms with Crippen LogP contribution in [-0.2, 0) is 15.9 Å². The van der Waals surface area contributed by atoms with Crippen molar-refractivity contribution in [3.05, 3.63) is 29.3 Å². The molecule has 3 nitrogen and oxygen atoms in total. The summed E-state index contributed by atoms with van der Waals surface area (Å²) in [6, 6.07) is 6.38. The molecule has 1 aromatic carbocycles. The highest BCUT2D eigenvalue weighted by atomic mass is 19.4. The van der Waals surface area contributed by atoms with Crippen molar-refractivity contribution in [1.29, 1.82) is 0 Å². The van der Waals surface area contributed by atoms with E-state index in [0.29, 0.717) is 37.7 Å². The Bertz CT molecular complexity index is 937. The normalized spacial score (nSPS) is 30.3. The van der Waals surface area contributed by atoms with Gasteiger partial charge in [0.2, 0.25) is 0 Å². The quantitative estimate of drug-likeness (QED) is 0.236. The molecule has 4 rings (SSSR count). The summed E-state index contributed by atoms with van der Waals surface area (Å²) < 4.78 is 102. The van der Waals surface area contributed by atoms with Crippen molar-refractivity contribution >= 4 is 0 Å². The van der Waals surface area contributed by atoms with Crippen LogP contribution < -0.4 is 4.74 Å². The van der Waals surface area contributed by atoms with Gasteiger partial charge in [-0.3, -0.25) is 0 Å². The summed E-state index contributed by atoms with van der Waals surface area (Å²) in [5, 5.41) is 0. The maximum Gasteiger partial charge on any atom is 0.426 e. The Labute approximate surface area is 216 Å². The van der Waals surface area contributed by atoms with Gasteiger partial charge in [-0.25, -0.2) is 0 Å². The first-order valence-corrected chi connectivity index (χ1v) is 13.3. The van der Waals surface area contributed by atoms with Crippen molar-refractivity contribution in [3.8, 4) is 5.75 Å². The molecule has 210 valence electrons. The van der Waals surface area contributed by atoms with Gasteiger partial charge < -0.3 is 14.2 Å². The fourth-order valence-electron chi connectivity index (χ4n) is 6.95. The minimum absolute atomic E-state index is 0.0324. The summed E-state index contributed by atoms with van der Waals surface area (Å²) in [7, 11) is 0. The van der Waals surface area contributed by atoms with Crippen LogP contribution in [0.3, 0.4) is 0 Å². The molecule has 0 saturated heterocycles. The van der Waals surface area contributed by atoms with Crippen LogP contribution in [0, 0.1) is 17.3 Å². The number of hydrogen-bond acceptors (Lipinski definition) is 3. The summed E-state index contributed by atoms with van der Waals surface area (Å²) in [5.41, 5.74) is -1.50. The molecule has 3 aliphatic carbocycles. The summed E-state index contributed by atoms with van der Waals surface area (Å²) in [6.45, 7) is 2.56. The first kappa shape index (κ1) is 27.1. The van der Waals surface area contributed by atoms with Gasteiger partial charge >= 0.3 is 12.4 Å². The molecule has 0 N–H and O–H groups in total. The second-order valence-corrected chi connectivity index (χ2v) is 11.2. The van der Waals surface area contributed by atoms with Crippen molar-refractivity contribution in [2.75, 3.05) is 19.8 Å². The van der Waals surface area contributed by atoms with E-state index in [1.165, 1.54) is 11.1 Å². The Morgan fingerprint density at radius 3 is 2.46 bits per heavy atom. The van der Waals surface area contributed by atoms with Crippen molar-refractivity contribution in [1.82, 2.24) is 0 Å². The second-order valence-electron chi connectivity index (χ2n) is 11.2. The molecule has 0 spiro atoms. The van der Waals surface area contributed by atoms with E-state index in [2.05, 4.69) is 23.8 Å². The van der Waals surface area contributed by atoms with Gasteiger partial charge in [-0.05, 0) is 105 Å². The summed E-state index contributed by atoms with van der Waals surface area (Å²) >= 11 is 0. The van der Waals surface area contributed by atoms with Crippen LogP contribution in [0.5, 0.6) is 5.75 Å². The van der Waals surface area contributed by atoms with Crippen LogP contribution in [0.4, 0.5) is 26.3 Å². The maximum atomic E-state index is 13.0. The molecular weight excluding hydrogens is 498 g/mol. The molecule has 3 aliphatic rings. The van der Waals surface area contributed by atoms with Crippen LogP contribution >= 0.6 is 0 Å². The predicted molar refractivity (Wildman–Crippen MR) is 128 cm³/mol. The van der Waals surface area contributed by atoms with E-state index in [4.69, 9.17) is 10.8 Å². The van der Waals surface area contributed by atoms with Gasteiger partial charge in [-0.2, -0.15) is 26.3 Å². The van der Waals surface area contributed by atoms with E-state index in [-0.39, 0.29) is 31.5 Å². The van der Waals surface area contributed by atoms with Crippen molar-refractivity contribution < 1.29 is 41.9 Å². The number of ether oxygens (including phenoxy) is 3. The maximum absolute atomic E-state index is 13.0. The fourth-order valence-corrected chi connectivity index (χ4v) is 6.95. The fraction of sp³-hybridized carbons (Fsp3) is 0.786. The third-order valence-corrected chi connectivity index (χ3v) is 9.10. The van der Waals surface area contributed by atoms with Gasteiger partial charge in [0.25, 0.3) is 5.60 Å². The first-order valence-electron chi connectivity index (χ1n) is 14.0. The number of benzene rings is 1. The lowest BCUT2D eigenvalue weighted by Crippen LogP contribution is -2.56. The number of fused-ring (bicyclic) bond motifs is 5. The Hall–Kier alpha value is -1.48. The Morgan fingerprint density at radius 1 is 1.00 bits per heavy atom. The van der Waals surface area contributed by atoms with E-state index in [9.17, 15) is 26.3 Å². The van der Waals surface area contributed by atoms with E-state index in [1.807, 2.05) is 6.07 Å². The molecule has 0 bridgehead atoms. The van der Waals surface area contributed by atoms with Crippen LogP contribution in [-0.4, -0.2) is 43.9 Å². The molecule has 0 radical (unpaired) electrons. The van der Waals surface area contributed by atoms with Gasteiger partial charge in [-0.1, -0.05) is 19.9 Å². The van der Waals surface area contributed by atoms with Crippen LogP contribution in [0.15, 0.2) is 18.2 Å². The standard InChI is InChI=1S/C28H38F6O3/c1-4-14-35-19-7-9-20-18(17-19)6-8-22-21(20)12-13-25(2)23(22)10-11-24(25)36-15-5-16-37-26(3,27(29,30)31)28(32,33)34/h7,9,17,21-24H,4-6,8,10-16H2,1-3H3/i1D. The highest BCUT2D eigenvalue weighted by molar-refractivity contribution is 5.40. The van der Waals surface area contributed by atoms with Crippen LogP contribution in [0.1, 0.15) is 84.1 Å². The Balaban J connectivity index is 1.32. The third-order valence-electron chi connectivity index (χ3n) is 9.10. The van der Waals surface area contributed by atoms with Gasteiger partial charge in [-0.15, -0.1) is 0 Å². The number of alkyl halides is 6. The smallest absolute Gasteiger partial charge is 0.426 e. The average molecular weight is 538 g/mol. The molecule has 2 saturated carbocycles. The predicted octanol–water partition coefficient (Wildman–Crippen LogP) is 8.01. The van der Waals surface area contributed by atoms with E-state index < -0.39 is 24.6 Å². The van der Waals surface area contributed by atoms with Crippen LogP contribution in [0.25, 0.3) is 0 Å². The molecule has 9 heteroatoms. The summed E-state index contributed by atoms with van der Waals surface area (Å²) in [5.74, 6) is 2.35. The Morgan fingerprint density at radius 2 is 1.76 bits per heavy atom. The second kappa shape index (κ2) is 10.6. The van der Waals surface area contributed by atoms with Gasteiger partial charge in [0.15, 0.2) is 0 Å². The summed E-state index contributed by atoms with van der Waals surface area (Å²) in [4.78, 5) is 0. The van der Waals surface area contributed by atoms with E-state index >= 15 is 0 Å². The summed E-state index contributed by atoms with van der Waals surface area (Å²) in [6.07, 6.45) is -4.54. The molecule has 0 aromatic heterocycles. The largest absolute Gasteiger partial charge is 0.494 e. The van der Waals surface area contributed by atoms with Crippen molar-refractivity contribution in [2.24, 2.45) is 17.3 Å². The zero-order chi connectivity index (χ0) is 27.8. The minimum Gasteiger partial charge on any atom is -0.494 e. The van der Waals surface area contributed by atoms with Gasteiger partial charge in [0, 0.05) is 7.98 Å². The monoisotopic (exact) mass is 537 g/mol. The topological polar surface area (TPSA) is 27.7 Å². The van der Waals surface area contributed by atoms with Gasteiger partial charge in [0.05, 0.1) is 19.3 Å². The SMILES string of the molecule is [2H]CCCOc1ccc2c(c1)CCC1C2CCC2(C)C(OCCCOC(C)(C(F)(F)F)C(F)(F)F)CCC12. The molecule has 0 aliphatic heterocycles. The molecular formula is C28H38F6O3. The highest BCUT2D eigenvalue weighted by Crippen LogP contribution is 2.61. The van der Waals surface area contributed by atoms with Crippen molar-refractivity contribution in [2.45, 2.75) is 102 Å². The molecule has 2 fully saturated rings. The molecule has 5 atom stereocenters. The van der Waals surface area contributed by atoms with Crippen molar-refractivity contribution in [3.63, 3.8) is 0 Å². The zero-order valence-corrected chi connectivity index (χ0v) is 21.5. The Kier molecular flexibility index (Phi) is 7.76. The number of aryl methyl sites for hydroxylation is 1. The molecule has 37 heavy (non-hydrogen) atoms. The molecule has 0 heterocycles. The minimum atomic E-state index is -5.55. The molecule has 5 unspecified atom stereocenters. The third kappa shape index (κ3) is 5.36. The lowest BCUT2D eigenvalue weighted by atomic mass is 9.55. The zero-order valence-electron chi connectivity index (χ0n) is 22.5. The molecule has 0 amide bonds. The average Bonchev–Trinajstić information content (AvgIpc) is 3.18. The number of rotatable bonds is 9. The van der Waals surface area contributed by atoms with Gasteiger partial charge in [0.1, 0.15) is 5.75 Å². The highest BCUT2D eigenvalue weighted by Gasteiger charge is 2.69. The lowest BCUT2D eigenvalue weighted by Gasteiger charge is -2.50.